The van der Waals surface area contributed by atoms with E-state index in [0.29, 0.717) is 17.5 Å². The Bertz CT molecular complexity index is 459. The maximum absolute atomic E-state index is 11.7. The first kappa shape index (κ1) is 14.1. The van der Waals surface area contributed by atoms with E-state index in [2.05, 4.69) is 5.32 Å². The molecule has 0 fully saturated rings. The molecule has 0 heterocycles. The Morgan fingerprint density at radius 1 is 1.56 bits per heavy atom. The molecule has 1 atom stereocenters. The first-order valence-electron chi connectivity index (χ1n) is 5.67. The maximum Gasteiger partial charge on any atom is 0.272 e. The molecule has 18 heavy (non-hydrogen) atoms. The Kier molecular flexibility index (Phi) is 4.79. The summed E-state index contributed by atoms with van der Waals surface area (Å²) in [5, 5.41) is 22.5. The second-order valence-electron chi connectivity index (χ2n) is 4.03. The highest BCUT2D eigenvalue weighted by Gasteiger charge is 2.14. The highest BCUT2D eigenvalue weighted by molar-refractivity contribution is 5.94. The molecular weight excluding hydrogens is 236 g/mol. The van der Waals surface area contributed by atoms with Crippen molar-refractivity contribution in [3.63, 3.8) is 0 Å². The van der Waals surface area contributed by atoms with Crippen molar-refractivity contribution in [2.45, 2.75) is 26.4 Å². The number of rotatable bonds is 5. The van der Waals surface area contributed by atoms with Gasteiger partial charge in [0.25, 0.3) is 11.6 Å². The van der Waals surface area contributed by atoms with Crippen LogP contribution in [0.25, 0.3) is 0 Å². The van der Waals surface area contributed by atoms with Crippen molar-refractivity contribution in [1.82, 2.24) is 5.32 Å². The predicted octanol–water partition coefficient (Wildman–Crippen LogP) is 1.40. The molecular formula is C12H16N2O4. The lowest BCUT2D eigenvalue weighted by molar-refractivity contribution is -0.385. The number of nitrogens with one attached hydrogen (secondary N) is 1. The largest absolute Gasteiger partial charge is 0.391 e. The number of carbonyl (C=O) groups is 1. The standard InChI is InChI=1S/C12H16N2O4/c1-3-10(15)7-13-12(16)9-4-5-11(14(17)18)8(2)6-9/h4-6,10,15H,3,7H2,1-2H3,(H,13,16). The van der Waals surface area contributed by atoms with Crippen LogP contribution in [0, 0.1) is 17.0 Å². The van der Waals surface area contributed by atoms with Gasteiger partial charge in [0.2, 0.25) is 0 Å². The minimum absolute atomic E-state index is 0.0138. The van der Waals surface area contributed by atoms with Gasteiger partial charge in [0, 0.05) is 23.7 Å². The van der Waals surface area contributed by atoms with Gasteiger partial charge in [0.15, 0.2) is 0 Å². The van der Waals surface area contributed by atoms with Gasteiger partial charge in [-0.1, -0.05) is 6.92 Å². The summed E-state index contributed by atoms with van der Waals surface area (Å²) >= 11 is 0. The van der Waals surface area contributed by atoms with Gasteiger partial charge >= 0.3 is 0 Å². The normalized spacial score (nSPS) is 11.9. The molecule has 1 amide bonds. The van der Waals surface area contributed by atoms with Crippen molar-refractivity contribution in [1.29, 1.82) is 0 Å². The number of benzene rings is 1. The quantitative estimate of drug-likeness (QED) is 0.612. The zero-order valence-electron chi connectivity index (χ0n) is 10.3. The van der Waals surface area contributed by atoms with Crippen LogP contribution < -0.4 is 5.32 Å². The molecule has 1 rings (SSSR count). The van der Waals surface area contributed by atoms with E-state index < -0.39 is 11.0 Å². The summed E-state index contributed by atoms with van der Waals surface area (Å²) in [5.41, 5.74) is 0.769. The average molecular weight is 252 g/mol. The molecule has 6 nitrogen and oxygen atoms in total. The molecule has 0 aliphatic heterocycles. The van der Waals surface area contributed by atoms with Crippen LogP contribution in [0.5, 0.6) is 0 Å². The van der Waals surface area contributed by atoms with Crippen LogP contribution >= 0.6 is 0 Å². The van der Waals surface area contributed by atoms with E-state index in [1.807, 2.05) is 6.92 Å². The Labute approximate surface area is 105 Å². The summed E-state index contributed by atoms with van der Waals surface area (Å²) in [5.74, 6) is -0.347. The van der Waals surface area contributed by atoms with Crippen molar-refractivity contribution < 1.29 is 14.8 Å². The summed E-state index contributed by atoms with van der Waals surface area (Å²) < 4.78 is 0. The van der Waals surface area contributed by atoms with Crippen molar-refractivity contribution >= 4 is 11.6 Å². The predicted molar refractivity (Wildman–Crippen MR) is 66.5 cm³/mol. The SMILES string of the molecule is CCC(O)CNC(=O)c1ccc([N+](=O)[O-])c(C)c1. The lowest BCUT2D eigenvalue weighted by Crippen LogP contribution is -2.31. The maximum atomic E-state index is 11.7. The van der Waals surface area contributed by atoms with Crippen LogP contribution in [0.1, 0.15) is 29.3 Å². The third-order valence-electron chi connectivity index (χ3n) is 2.63. The van der Waals surface area contributed by atoms with E-state index in [1.165, 1.54) is 18.2 Å². The number of nitrogens with zero attached hydrogens (tertiary/aromatic N) is 1. The fourth-order valence-corrected chi connectivity index (χ4v) is 1.46. The molecule has 98 valence electrons. The van der Waals surface area contributed by atoms with Crippen LogP contribution in [-0.4, -0.2) is 28.6 Å². The summed E-state index contributed by atoms with van der Waals surface area (Å²) in [4.78, 5) is 21.8. The van der Waals surface area contributed by atoms with E-state index in [0.717, 1.165) is 0 Å². The minimum atomic E-state index is -0.576. The summed E-state index contributed by atoms with van der Waals surface area (Å²) in [6, 6.07) is 4.17. The number of nitro groups is 1. The molecule has 0 saturated carbocycles. The van der Waals surface area contributed by atoms with Crippen molar-refractivity contribution in [2.75, 3.05) is 6.54 Å². The van der Waals surface area contributed by atoms with Gasteiger partial charge in [-0.15, -0.1) is 0 Å². The number of nitro benzene ring substituents is 1. The Morgan fingerprint density at radius 2 is 2.22 bits per heavy atom. The van der Waals surface area contributed by atoms with Crippen LogP contribution in [0.15, 0.2) is 18.2 Å². The van der Waals surface area contributed by atoms with Crippen molar-refractivity contribution in [3.8, 4) is 0 Å². The molecule has 0 aromatic heterocycles. The molecule has 0 radical (unpaired) electrons. The lowest BCUT2D eigenvalue weighted by atomic mass is 10.1. The number of hydrogen-bond acceptors (Lipinski definition) is 4. The summed E-state index contributed by atoms with van der Waals surface area (Å²) in [7, 11) is 0. The molecule has 2 N–H and O–H groups in total. The van der Waals surface area contributed by atoms with E-state index >= 15 is 0 Å². The Morgan fingerprint density at radius 3 is 2.72 bits per heavy atom. The van der Waals surface area contributed by atoms with E-state index in [4.69, 9.17) is 0 Å². The van der Waals surface area contributed by atoms with Crippen molar-refractivity contribution in [2.24, 2.45) is 0 Å². The number of carbonyl (C=O) groups excluding carboxylic acids is 1. The number of amides is 1. The van der Waals surface area contributed by atoms with Gasteiger partial charge in [0.05, 0.1) is 11.0 Å². The molecule has 0 aliphatic rings. The first-order valence-corrected chi connectivity index (χ1v) is 5.67. The van der Waals surface area contributed by atoms with Crippen molar-refractivity contribution in [3.05, 3.63) is 39.4 Å². The molecule has 0 aliphatic carbocycles. The van der Waals surface area contributed by atoms with Gasteiger partial charge in [-0.05, 0) is 25.5 Å². The summed E-state index contributed by atoms with van der Waals surface area (Å²) in [6.45, 7) is 3.56. The van der Waals surface area contributed by atoms with Crippen LogP contribution in [-0.2, 0) is 0 Å². The smallest absolute Gasteiger partial charge is 0.272 e. The average Bonchev–Trinajstić information content (AvgIpc) is 2.34. The third-order valence-corrected chi connectivity index (χ3v) is 2.63. The molecule has 1 aromatic carbocycles. The van der Waals surface area contributed by atoms with Crippen LogP contribution in [0.2, 0.25) is 0 Å². The minimum Gasteiger partial charge on any atom is -0.391 e. The van der Waals surface area contributed by atoms with Gasteiger partial charge in [0.1, 0.15) is 0 Å². The highest BCUT2D eigenvalue weighted by Crippen LogP contribution is 2.18. The molecule has 1 unspecified atom stereocenters. The van der Waals surface area contributed by atoms with E-state index in [-0.39, 0.29) is 18.1 Å². The molecule has 1 aromatic rings. The first-order chi connectivity index (χ1) is 8.45. The molecule has 6 heteroatoms. The molecule has 0 bridgehead atoms. The topological polar surface area (TPSA) is 92.5 Å². The monoisotopic (exact) mass is 252 g/mol. The number of hydrogen-bond donors (Lipinski definition) is 2. The zero-order valence-corrected chi connectivity index (χ0v) is 10.3. The van der Waals surface area contributed by atoms with Gasteiger partial charge in [-0.2, -0.15) is 0 Å². The van der Waals surface area contributed by atoms with Gasteiger partial charge in [-0.3, -0.25) is 14.9 Å². The van der Waals surface area contributed by atoms with E-state index in [1.54, 1.807) is 6.92 Å². The lowest BCUT2D eigenvalue weighted by Gasteiger charge is -2.09. The number of aliphatic hydroxyl groups is 1. The fourth-order valence-electron chi connectivity index (χ4n) is 1.46. The second kappa shape index (κ2) is 6.11. The summed E-state index contributed by atoms with van der Waals surface area (Å²) in [6.07, 6.45) is -0.0207. The van der Waals surface area contributed by atoms with Crippen LogP contribution in [0.4, 0.5) is 5.69 Å². The van der Waals surface area contributed by atoms with Gasteiger partial charge < -0.3 is 10.4 Å². The molecule has 0 spiro atoms. The number of aliphatic hydroxyl groups excluding tert-OH is 1. The fraction of sp³-hybridized carbons (Fsp3) is 0.417. The van der Waals surface area contributed by atoms with Crippen LogP contribution in [0.3, 0.4) is 0 Å². The van der Waals surface area contributed by atoms with Gasteiger partial charge in [-0.25, -0.2) is 0 Å². The molecule has 0 saturated heterocycles. The zero-order chi connectivity index (χ0) is 13.7. The highest BCUT2D eigenvalue weighted by atomic mass is 16.6. The number of aryl methyl sites for hydroxylation is 1. The second-order valence-corrected chi connectivity index (χ2v) is 4.03. The third kappa shape index (κ3) is 3.53. The van der Waals surface area contributed by atoms with E-state index in [9.17, 15) is 20.0 Å². The Balaban J connectivity index is 2.76. The Hall–Kier alpha value is -1.95.